The number of fused-ring (bicyclic) bond motifs is 1. The van der Waals surface area contributed by atoms with E-state index in [4.69, 9.17) is 11.6 Å². The number of hydrogen-bond acceptors (Lipinski definition) is 3. The minimum atomic E-state index is -0.290. The van der Waals surface area contributed by atoms with Crippen molar-refractivity contribution in [1.29, 1.82) is 0 Å². The molecule has 0 atom stereocenters. The number of hydrogen-bond donors (Lipinski definition) is 1. The lowest BCUT2D eigenvalue weighted by atomic mass is 10.0. The summed E-state index contributed by atoms with van der Waals surface area (Å²) >= 11 is 6.27. The second-order valence-electron chi connectivity index (χ2n) is 6.31. The quantitative estimate of drug-likeness (QED) is 0.920. The fourth-order valence-corrected chi connectivity index (χ4v) is 3.33. The first-order valence-corrected chi connectivity index (χ1v) is 8.64. The highest BCUT2D eigenvalue weighted by Crippen LogP contribution is 2.26. The van der Waals surface area contributed by atoms with Crippen molar-refractivity contribution < 1.29 is 4.39 Å². The van der Waals surface area contributed by atoms with Gasteiger partial charge in [0.15, 0.2) is 0 Å². The van der Waals surface area contributed by atoms with E-state index in [1.165, 1.54) is 6.07 Å². The van der Waals surface area contributed by atoms with E-state index in [1.54, 1.807) is 6.07 Å². The van der Waals surface area contributed by atoms with Crippen molar-refractivity contribution in [2.45, 2.75) is 46.2 Å². The van der Waals surface area contributed by atoms with Crippen LogP contribution in [0.3, 0.4) is 0 Å². The molecule has 0 spiro atoms. The van der Waals surface area contributed by atoms with Crippen LogP contribution in [0.4, 0.5) is 4.39 Å². The van der Waals surface area contributed by atoms with Crippen molar-refractivity contribution in [3.05, 3.63) is 61.5 Å². The Hall–Kier alpha value is -1.72. The fraction of sp³-hybridized carbons (Fsp3) is 0.444. The topological polar surface area (TPSA) is 49.0 Å². The Morgan fingerprint density at radius 3 is 2.96 bits per heavy atom. The molecule has 128 valence electrons. The molecule has 1 aromatic carbocycles. The number of nitrogens with zero attached hydrogens (tertiary/aromatic N) is 2. The fourth-order valence-electron chi connectivity index (χ4n) is 3.12. The summed E-state index contributed by atoms with van der Waals surface area (Å²) in [6.07, 6.45) is 2.30. The van der Waals surface area contributed by atoms with Crippen molar-refractivity contribution in [1.82, 2.24) is 14.9 Å². The van der Waals surface area contributed by atoms with E-state index in [0.717, 1.165) is 35.5 Å². The van der Waals surface area contributed by atoms with Gasteiger partial charge in [-0.25, -0.2) is 9.37 Å². The van der Waals surface area contributed by atoms with Crippen molar-refractivity contribution in [2.75, 3.05) is 6.54 Å². The smallest absolute Gasteiger partial charge is 0.254 e. The Labute approximate surface area is 145 Å². The van der Waals surface area contributed by atoms with Crippen molar-refractivity contribution in [2.24, 2.45) is 0 Å². The van der Waals surface area contributed by atoms with Gasteiger partial charge in [0.05, 0.1) is 10.7 Å². The van der Waals surface area contributed by atoms with Crippen molar-refractivity contribution in [3.8, 4) is 0 Å². The summed E-state index contributed by atoms with van der Waals surface area (Å²) in [5.74, 6) is 0.435. The van der Waals surface area contributed by atoms with Crippen LogP contribution in [0.15, 0.2) is 16.9 Å². The van der Waals surface area contributed by atoms with Crippen LogP contribution < -0.4 is 5.56 Å². The molecule has 2 aromatic rings. The van der Waals surface area contributed by atoms with E-state index in [9.17, 15) is 9.18 Å². The zero-order chi connectivity index (χ0) is 17.3. The molecule has 0 saturated carbocycles. The normalized spacial score (nSPS) is 14.7. The number of aromatic nitrogens is 2. The second kappa shape index (κ2) is 7.03. The maximum absolute atomic E-state index is 14.1. The third kappa shape index (κ3) is 3.37. The molecule has 0 unspecified atom stereocenters. The summed E-state index contributed by atoms with van der Waals surface area (Å²) in [4.78, 5) is 21.7. The third-order valence-corrected chi connectivity index (χ3v) is 4.98. The minimum absolute atomic E-state index is 0.0390. The monoisotopic (exact) mass is 349 g/mol. The minimum Gasteiger partial charge on any atom is -0.310 e. The lowest BCUT2D eigenvalue weighted by Gasteiger charge is -2.28. The molecule has 1 aliphatic rings. The average molecular weight is 350 g/mol. The molecule has 0 radical (unpaired) electrons. The molecular formula is C18H21ClFN3O. The van der Waals surface area contributed by atoms with Gasteiger partial charge in [0.1, 0.15) is 11.6 Å². The molecule has 6 heteroatoms. The molecule has 0 amide bonds. The largest absolute Gasteiger partial charge is 0.310 e. The predicted octanol–water partition coefficient (Wildman–Crippen LogP) is 3.38. The van der Waals surface area contributed by atoms with Gasteiger partial charge in [-0.05, 0) is 31.4 Å². The third-order valence-electron chi connectivity index (χ3n) is 4.45. The lowest BCUT2D eigenvalue weighted by molar-refractivity contribution is 0.237. The molecule has 0 fully saturated rings. The highest BCUT2D eigenvalue weighted by Gasteiger charge is 2.23. The maximum atomic E-state index is 14.1. The summed E-state index contributed by atoms with van der Waals surface area (Å²) in [5, 5.41) is 0.478. The Bertz CT molecular complexity index is 819. The van der Waals surface area contributed by atoms with Gasteiger partial charge in [0.2, 0.25) is 0 Å². The lowest BCUT2D eigenvalue weighted by Crippen LogP contribution is -2.35. The zero-order valence-corrected chi connectivity index (χ0v) is 14.7. The SMILES string of the molecule is CCCc1nc2c(c(=O)[nH]1)CCN(Cc1c(F)ccc(C)c1Cl)C2. The molecule has 1 N–H and O–H groups in total. The van der Waals surface area contributed by atoms with Gasteiger partial charge >= 0.3 is 0 Å². The van der Waals surface area contributed by atoms with Crippen LogP contribution in [-0.4, -0.2) is 21.4 Å². The van der Waals surface area contributed by atoms with Crippen LogP contribution in [0.25, 0.3) is 0 Å². The van der Waals surface area contributed by atoms with Gasteiger partial charge in [0, 0.05) is 37.2 Å². The zero-order valence-electron chi connectivity index (χ0n) is 14.0. The van der Waals surface area contributed by atoms with Gasteiger partial charge in [0.25, 0.3) is 5.56 Å². The highest BCUT2D eigenvalue weighted by atomic mass is 35.5. The molecule has 1 aromatic heterocycles. The molecule has 24 heavy (non-hydrogen) atoms. The first-order chi connectivity index (χ1) is 11.5. The number of halogens is 2. The average Bonchev–Trinajstić information content (AvgIpc) is 2.55. The standard InChI is InChI=1S/C18H21ClFN3O/c1-3-4-16-21-15-10-23(8-7-12(15)18(24)22-16)9-13-14(20)6-5-11(2)17(13)19/h5-6H,3-4,7-10H2,1-2H3,(H,21,22,24). The van der Waals surface area contributed by atoms with Gasteiger partial charge < -0.3 is 4.98 Å². The Morgan fingerprint density at radius 2 is 2.21 bits per heavy atom. The highest BCUT2D eigenvalue weighted by molar-refractivity contribution is 6.32. The van der Waals surface area contributed by atoms with Crippen LogP contribution in [0, 0.1) is 12.7 Å². The van der Waals surface area contributed by atoms with Crippen LogP contribution in [-0.2, 0) is 25.9 Å². The van der Waals surface area contributed by atoms with Crippen LogP contribution in [0.2, 0.25) is 5.02 Å². The van der Waals surface area contributed by atoms with Gasteiger partial charge in [-0.2, -0.15) is 0 Å². The molecule has 0 aliphatic carbocycles. The number of rotatable bonds is 4. The summed E-state index contributed by atoms with van der Waals surface area (Å²) < 4.78 is 14.1. The maximum Gasteiger partial charge on any atom is 0.254 e. The molecule has 0 saturated heterocycles. The van der Waals surface area contributed by atoms with Gasteiger partial charge in [-0.1, -0.05) is 24.6 Å². The Morgan fingerprint density at radius 1 is 1.42 bits per heavy atom. The molecule has 4 nitrogen and oxygen atoms in total. The van der Waals surface area contributed by atoms with Gasteiger partial charge in [-0.3, -0.25) is 9.69 Å². The van der Waals surface area contributed by atoms with E-state index in [-0.39, 0.29) is 11.4 Å². The summed E-state index contributed by atoms with van der Waals surface area (Å²) in [6, 6.07) is 3.14. The summed E-state index contributed by atoms with van der Waals surface area (Å²) in [6.45, 7) is 5.57. The molecule has 2 heterocycles. The molecular weight excluding hydrogens is 329 g/mol. The molecule has 3 rings (SSSR count). The Kier molecular flexibility index (Phi) is 5.01. The van der Waals surface area contributed by atoms with E-state index in [1.807, 2.05) is 13.8 Å². The van der Waals surface area contributed by atoms with E-state index < -0.39 is 0 Å². The van der Waals surface area contributed by atoms with Gasteiger partial charge in [-0.15, -0.1) is 0 Å². The number of aryl methyl sites for hydroxylation is 2. The molecule has 1 aliphatic heterocycles. The van der Waals surface area contributed by atoms with Crippen LogP contribution >= 0.6 is 11.6 Å². The first kappa shape index (κ1) is 17.1. The number of benzene rings is 1. The van der Waals surface area contributed by atoms with Crippen molar-refractivity contribution in [3.63, 3.8) is 0 Å². The first-order valence-electron chi connectivity index (χ1n) is 8.26. The number of aromatic amines is 1. The van der Waals surface area contributed by atoms with Crippen LogP contribution in [0.5, 0.6) is 0 Å². The number of H-pyrrole nitrogens is 1. The van der Waals surface area contributed by atoms with E-state index >= 15 is 0 Å². The van der Waals surface area contributed by atoms with E-state index in [0.29, 0.717) is 36.6 Å². The summed E-state index contributed by atoms with van der Waals surface area (Å²) in [5.41, 5.74) is 2.89. The Balaban J connectivity index is 1.85. The second-order valence-corrected chi connectivity index (χ2v) is 6.68. The van der Waals surface area contributed by atoms with Crippen molar-refractivity contribution >= 4 is 11.6 Å². The number of nitrogens with one attached hydrogen (secondary N) is 1. The van der Waals surface area contributed by atoms with E-state index in [2.05, 4.69) is 14.9 Å². The predicted molar refractivity (Wildman–Crippen MR) is 92.8 cm³/mol. The summed E-state index contributed by atoms with van der Waals surface area (Å²) in [7, 11) is 0. The molecule has 0 bridgehead atoms. The van der Waals surface area contributed by atoms with Crippen LogP contribution in [0.1, 0.15) is 41.6 Å².